The molecule has 2 aliphatic rings. The van der Waals surface area contributed by atoms with Crippen molar-refractivity contribution >= 4 is 27.1 Å². The lowest BCUT2D eigenvalue weighted by atomic mass is 10.2. The van der Waals surface area contributed by atoms with Gasteiger partial charge in [0.15, 0.2) is 9.84 Å². The fourth-order valence-corrected chi connectivity index (χ4v) is 5.11. The highest BCUT2D eigenvalue weighted by molar-refractivity contribution is 7.91. The summed E-state index contributed by atoms with van der Waals surface area (Å²) in [5, 5.41) is 1.96. The van der Waals surface area contributed by atoms with Crippen molar-refractivity contribution in [2.24, 2.45) is 0 Å². The molecule has 4 nitrogen and oxygen atoms in total. The van der Waals surface area contributed by atoms with E-state index in [4.69, 9.17) is 0 Å². The molecule has 1 aromatic heterocycles. The van der Waals surface area contributed by atoms with Gasteiger partial charge in [0.25, 0.3) is 0 Å². The maximum absolute atomic E-state index is 12.4. The third-order valence-electron chi connectivity index (χ3n) is 3.74. The van der Waals surface area contributed by atoms with E-state index in [1.54, 1.807) is 11.3 Å². The van der Waals surface area contributed by atoms with Crippen LogP contribution in [0.15, 0.2) is 17.5 Å². The molecular weight excluding hydrogens is 282 g/mol. The first-order valence-corrected chi connectivity index (χ1v) is 9.29. The Morgan fingerprint density at radius 3 is 2.63 bits per heavy atom. The second kappa shape index (κ2) is 4.90. The first kappa shape index (κ1) is 13.1. The van der Waals surface area contributed by atoms with Crippen LogP contribution in [0.4, 0.5) is 0 Å². The molecule has 0 spiro atoms. The third-order valence-corrected chi connectivity index (χ3v) is 6.36. The SMILES string of the molecule is O=C(Cc1cccs1)N(C1CC1)[C@H]1CCS(=O)(=O)C1. The molecule has 1 aromatic rings. The van der Waals surface area contributed by atoms with E-state index in [1.807, 2.05) is 22.4 Å². The summed E-state index contributed by atoms with van der Waals surface area (Å²) in [4.78, 5) is 15.3. The van der Waals surface area contributed by atoms with Crippen LogP contribution < -0.4 is 0 Å². The van der Waals surface area contributed by atoms with Gasteiger partial charge in [-0.2, -0.15) is 0 Å². The number of hydrogen-bond acceptors (Lipinski definition) is 4. The lowest BCUT2D eigenvalue weighted by Crippen LogP contribution is -2.43. The van der Waals surface area contributed by atoms with Crippen molar-refractivity contribution in [2.45, 2.75) is 37.8 Å². The van der Waals surface area contributed by atoms with Crippen LogP contribution in [0, 0.1) is 0 Å². The summed E-state index contributed by atoms with van der Waals surface area (Å²) < 4.78 is 23.2. The van der Waals surface area contributed by atoms with Gasteiger partial charge in [0.2, 0.25) is 5.91 Å². The smallest absolute Gasteiger partial charge is 0.228 e. The summed E-state index contributed by atoms with van der Waals surface area (Å²) in [6.45, 7) is 0. The Kier molecular flexibility index (Phi) is 3.39. The van der Waals surface area contributed by atoms with Crippen LogP contribution in [0.25, 0.3) is 0 Å². The van der Waals surface area contributed by atoms with Gasteiger partial charge in [-0.05, 0) is 30.7 Å². The molecule has 0 unspecified atom stereocenters. The van der Waals surface area contributed by atoms with E-state index in [1.165, 1.54) is 0 Å². The number of sulfone groups is 1. The van der Waals surface area contributed by atoms with E-state index < -0.39 is 9.84 Å². The molecule has 0 radical (unpaired) electrons. The average molecular weight is 299 g/mol. The molecule has 6 heteroatoms. The maximum atomic E-state index is 12.4. The fourth-order valence-electron chi connectivity index (χ4n) is 2.71. The number of carbonyl (C=O) groups excluding carboxylic acids is 1. The molecule has 0 bridgehead atoms. The normalized spacial score (nSPS) is 25.4. The number of nitrogens with zero attached hydrogens (tertiary/aromatic N) is 1. The van der Waals surface area contributed by atoms with Gasteiger partial charge in [-0.3, -0.25) is 4.79 Å². The van der Waals surface area contributed by atoms with Crippen molar-refractivity contribution in [3.63, 3.8) is 0 Å². The summed E-state index contributed by atoms with van der Waals surface area (Å²) in [5.74, 6) is 0.472. The van der Waals surface area contributed by atoms with Crippen molar-refractivity contribution in [3.05, 3.63) is 22.4 Å². The van der Waals surface area contributed by atoms with E-state index in [0.29, 0.717) is 12.8 Å². The molecule has 1 saturated carbocycles. The van der Waals surface area contributed by atoms with Gasteiger partial charge in [-0.15, -0.1) is 11.3 Å². The van der Waals surface area contributed by atoms with Crippen LogP contribution in [0.5, 0.6) is 0 Å². The van der Waals surface area contributed by atoms with Crippen LogP contribution >= 0.6 is 11.3 Å². The molecule has 0 aromatic carbocycles. The van der Waals surface area contributed by atoms with Gasteiger partial charge < -0.3 is 4.90 Å². The van der Waals surface area contributed by atoms with Crippen molar-refractivity contribution in [2.75, 3.05) is 11.5 Å². The minimum absolute atomic E-state index is 0.0899. The lowest BCUT2D eigenvalue weighted by Gasteiger charge is -2.28. The predicted molar refractivity (Wildman–Crippen MR) is 74.9 cm³/mol. The summed E-state index contributed by atoms with van der Waals surface area (Å²) in [7, 11) is -2.93. The summed E-state index contributed by atoms with van der Waals surface area (Å²) in [5.41, 5.74) is 0. The third kappa shape index (κ3) is 3.00. The number of rotatable bonds is 4. The Labute approximate surface area is 117 Å². The molecule has 1 aliphatic heterocycles. The minimum atomic E-state index is -2.93. The Morgan fingerprint density at radius 1 is 1.32 bits per heavy atom. The van der Waals surface area contributed by atoms with Gasteiger partial charge in [-0.1, -0.05) is 6.07 Å². The molecule has 1 saturated heterocycles. The highest BCUT2D eigenvalue weighted by Crippen LogP contribution is 2.33. The standard InChI is InChI=1S/C13H17NO3S2/c15-13(8-12-2-1-6-18-12)14(10-3-4-10)11-5-7-19(16,17)9-11/h1-2,6,10-11H,3-5,7-9H2/t11-/m0/s1. The fraction of sp³-hybridized carbons (Fsp3) is 0.615. The zero-order valence-corrected chi connectivity index (χ0v) is 12.3. The number of amides is 1. The van der Waals surface area contributed by atoms with Gasteiger partial charge in [0.1, 0.15) is 0 Å². The van der Waals surface area contributed by atoms with Crippen molar-refractivity contribution in [1.29, 1.82) is 0 Å². The van der Waals surface area contributed by atoms with Gasteiger partial charge >= 0.3 is 0 Å². The highest BCUT2D eigenvalue weighted by Gasteiger charge is 2.41. The minimum Gasteiger partial charge on any atom is -0.335 e. The second-order valence-corrected chi connectivity index (χ2v) is 8.61. The number of carbonyl (C=O) groups is 1. The second-order valence-electron chi connectivity index (χ2n) is 5.35. The largest absolute Gasteiger partial charge is 0.335 e. The van der Waals surface area contributed by atoms with E-state index >= 15 is 0 Å². The maximum Gasteiger partial charge on any atom is 0.228 e. The molecule has 1 atom stereocenters. The Balaban J connectivity index is 1.72. The molecule has 2 heterocycles. The average Bonchev–Trinajstić information content (AvgIpc) is 2.90. The van der Waals surface area contributed by atoms with Crippen molar-refractivity contribution in [3.8, 4) is 0 Å². The number of thiophene rings is 1. The molecule has 2 fully saturated rings. The molecule has 1 aliphatic carbocycles. The van der Waals surface area contributed by atoms with Crippen LogP contribution in [-0.4, -0.2) is 42.8 Å². The lowest BCUT2D eigenvalue weighted by molar-refractivity contribution is -0.132. The summed E-state index contributed by atoms with van der Waals surface area (Å²) in [6.07, 6.45) is 3.05. The predicted octanol–water partition coefficient (Wildman–Crippen LogP) is 1.47. The Hall–Kier alpha value is -0.880. The summed E-state index contributed by atoms with van der Waals surface area (Å²) >= 11 is 1.58. The topological polar surface area (TPSA) is 54.5 Å². The molecule has 0 N–H and O–H groups in total. The van der Waals surface area contributed by atoms with Crippen molar-refractivity contribution < 1.29 is 13.2 Å². The monoisotopic (exact) mass is 299 g/mol. The zero-order chi connectivity index (χ0) is 13.5. The van der Waals surface area contributed by atoms with Crippen LogP contribution in [0.1, 0.15) is 24.1 Å². The summed E-state index contributed by atoms with van der Waals surface area (Å²) in [6, 6.07) is 4.09. The molecule has 3 rings (SSSR count). The molecule has 1 amide bonds. The van der Waals surface area contributed by atoms with Crippen molar-refractivity contribution in [1.82, 2.24) is 4.90 Å². The molecule has 104 valence electrons. The molecular formula is C13H17NO3S2. The van der Waals surface area contributed by atoms with Crippen LogP contribution in [0.2, 0.25) is 0 Å². The van der Waals surface area contributed by atoms with Crippen LogP contribution in [-0.2, 0) is 21.1 Å². The van der Waals surface area contributed by atoms with Gasteiger partial charge in [0, 0.05) is 17.0 Å². The van der Waals surface area contributed by atoms with E-state index in [2.05, 4.69) is 0 Å². The van der Waals surface area contributed by atoms with E-state index in [-0.39, 0.29) is 29.5 Å². The Morgan fingerprint density at radius 2 is 2.11 bits per heavy atom. The van der Waals surface area contributed by atoms with Gasteiger partial charge in [-0.25, -0.2) is 8.42 Å². The van der Waals surface area contributed by atoms with Crippen LogP contribution in [0.3, 0.4) is 0 Å². The number of hydrogen-bond donors (Lipinski definition) is 0. The van der Waals surface area contributed by atoms with Gasteiger partial charge in [0.05, 0.1) is 17.9 Å². The first-order valence-electron chi connectivity index (χ1n) is 6.59. The highest BCUT2D eigenvalue weighted by atomic mass is 32.2. The van der Waals surface area contributed by atoms with E-state index in [9.17, 15) is 13.2 Å². The molecule has 19 heavy (non-hydrogen) atoms. The first-order chi connectivity index (χ1) is 9.05. The quantitative estimate of drug-likeness (QED) is 0.846. The Bertz CT molecular complexity index is 561. The zero-order valence-electron chi connectivity index (χ0n) is 10.6. The van der Waals surface area contributed by atoms with E-state index in [0.717, 1.165) is 17.7 Å².